The smallest absolute Gasteiger partial charge is 0.164 e. The number of hydrogen-bond acceptors (Lipinski definition) is 4. The molecule has 0 bridgehead atoms. The van der Waals surface area contributed by atoms with Gasteiger partial charge in [-0.2, -0.15) is 0 Å². The van der Waals surface area contributed by atoms with Crippen LogP contribution >= 0.6 is 11.3 Å². The van der Waals surface area contributed by atoms with Gasteiger partial charge in [-0.25, -0.2) is 8.78 Å². The Labute approximate surface area is 308 Å². The molecule has 0 aliphatic carbocycles. The number of ketones is 1. The number of rotatable bonds is 11. The molecule has 263 valence electrons. The van der Waals surface area contributed by atoms with Crippen molar-refractivity contribution in [1.82, 2.24) is 4.98 Å². The van der Waals surface area contributed by atoms with Gasteiger partial charge >= 0.3 is 0 Å². The Morgan fingerprint density at radius 2 is 1.51 bits per heavy atom. The Kier molecular flexibility index (Phi) is 14.0. The summed E-state index contributed by atoms with van der Waals surface area (Å²) in [4.78, 5) is 17.3. The largest absolute Gasteiger partial charge is 0.512 e. The molecular weight excluding hydrogens is 813 g/mol. The molecule has 0 aliphatic heterocycles. The molecule has 1 N–H and O–H groups in total. The number of halogens is 2. The van der Waals surface area contributed by atoms with Crippen LogP contribution in [0.15, 0.2) is 78.7 Å². The van der Waals surface area contributed by atoms with Crippen LogP contribution in [-0.2, 0) is 31.3 Å². The molecule has 0 saturated heterocycles. The number of aliphatic hydroxyl groups excluding tert-OH is 1. The van der Waals surface area contributed by atoms with Gasteiger partial charge < -0.3 is 5.11 Å². The second-order valence-electron chi connectivity index (χ2n) is 13.6. The van der Waals surface area contributed by atoms with Crippen molar-refractivity contribution in [2.75, 3.05) is 0 Å². The molecule has 2 heterocycles. The molecule has 0 unspecified atom stereocenters. The van der Waals surface area contributed by atoms with Gasteiger partial charge in [0.05, 0.1) is 5.56 Å². The first-order chi connectivity index (χ1) is 22.8. The topological polar surface area (TPSA) is 50.2 Å². The average Bonchev–Trinajstić information content (AvgIpc) is 3.50. The third kappa shape index (κ3) is 9.11. The average molecular weight is 861 g/mol. The van der Waals surface area contributed by atoms with Gasteiger partial charge in [-0.1, -0.05) is 84.5 Å². The molecule has 0 aliphatic rings. The van der Waals surface area contributed by atoms with Gasteiger partial charge in [0.15, 0.2) is 5.78 Å². The summed E-state index contributed by atoms with van der Waals surface area (Å²) < 4.78 is 30.7. The maximum atomic E-state index is 14.9. The Morgan fingerprint density at radius 3 is 2.10 bits per heavy atom. The van der Waals surface area contributed by atoms with E-state index in [1.165, 1.54) is 29.5 Å². The first-order valence-electron chi connectivity index (χ1n) is 17.0. The van der Waals surface area contributed by atoms with E-state index in [2.05, 4.69) is 11.1 Å². The molecule has 0 amide bonds. The van der Waals surface area contributed by atoms with Crippen molar-refractivity contribution in [2.45, 2.75) is 87.5 Å². The molecule has 0 saturated carbocycles. The molecular formula is C42H48F2IrNO2S-. The zero-order valence-corrected chi connectivity index (χ0v) is 33.1. The summed E-state index contributed by atoms with van der Waals surface area (Å²) in [7, 11) is 0. The number of nitrogens with zero attached hydrogens (tertiary/aromatic N) is 1. The Bertz CT molecular complexity index is 1900. The maximum Gasteiger partial charge on any atom is 0.164 e. The van der Waals surface area contributed by atoms with E-state index in [1.807, 2.05) is 104 Å². The van der Waals surface area contributed by atoms with Crippen LogP contribution in [0.5, 0.6) is 0 Å². The number of thiophene rings is 1. The van der Waals surface area contributed by atoms with Gasteiger partial charge in [0, 0.05) is 58.5 Å². The summed E-state index contributed by atoms with van der Waals surface area (Å²) in [6, 6.07) is 22.1. The van der Waals surface area contributed by atoms with E-state index in [-0.39, 0.29) is 48.0 Å². The van der Waals surface area contributed by atoms with Gasteiger partial charge in [-0.3, -0.25) is 9.78 Å². The number of aliphatic hydroxyl groups is 1. The van der Waals surface area contributed by atoms with Crippen LogP contribution < -0.4 is 0 Å². The van der Waals surface area contributed by atoms with Gasteiger partial charge in [-0.15, -0.1) is 41.0 Å². The van der Waals surface area contributed by atoms with E-state index in [1.54, 1.807) is 6.20 Å². The molecule has 0 atom stereocenters. The zero-order valence-electron chi connectivity index (χ0n) is 29.8. The molecule has 0 fully saturated rings. The normalized spacial score (nSPS) is 12.2. The van der Waals surface area contributed by atoms with Crippen molar-refractivity contribution < 1.29 is 38.8 Å². The third-order valence-electron chi connectivity index (χ3n) is 9.94. The van der Waals surface area contributed by atoms with Crippen LogP contribution in [0.25, 0.3) is 42.6 Å². The number of carbonyl (C=O) groups is 1. The molecule has 0 spiro atoms. The quantitative estimate of drug-likeness (QED) is 0.0818. The first kappa shape index (κ1) is 40.2. The molecule has 3 nitrogen and oxygen atoms in total. The second-order valence-corrected chi connectivity index (χ2v) is 14.7. The summed E-state index contributed by atoms with van der Waals surface area (Å²) in [5.41, 5.74) is 1.75. The first-order valence-corrected chi connectivity index (χ1v) is 17.8. The van der Waals surface area contributed by atoms with Crippen molar-refractivity contribution in [3.05, 3.63) is 102 Å². The fourth-order valence-electron chi connectivity index (χ4n) is 5.67. The van der Waals surface area contributed by atoms with E-state index in [0.29, 0.717) is 22.8 Å². The third-order valence-corrected chi connectivity index (χ3v) is 11.1. The van der Waals surface area contributed by atoms with E-state index >= 15 is 0 Å². The zero-order chi connectivity index (χ0) is 35.2. The number of allylic oxidation sites excluding steroid dienone is 2. The minimum atomic E-state index is -0.519. The molecule has 2 aromatic heterocycles. The van der Waals surface area contributed by atoms with Crippen LogP contribution in [0.3, 0.4) is 0 Å². The molecule has 1 radical (unpaired) electrons. The number of aromatic nitrogens is 1. The summed E-state index contributed by atoms with van der Waals surface area (Å²) >= 11 is 1.36. The fraction of sp³-hybridized carbons (Fsp3) is 0.381. The van der Waals surface area contributed by atoms with E-state index in [0.717, 1.165) is 57.8 Å². The van der Waals surface area contributed by atoms with Gasteiger partial charge in [0.1, 0.15) is 17.4 Å². The van der Waals surface area contributed by atoms with Crippen LogP contribution in [0.1, 0.15) is 86.6 Å². The predicted octanol–water partition coefficient (Wildman–Crippen LogP) is 12.7. The van der Waals surface area contributed by atoms with Crippen molar-refractivity contribution in [2.24, 2.45) is 16.7 Å². The molecule has 5 aromatic rings. The fourth-order valence-corrected chi connectivity index (χ4v) is 6.87. The van der Waals surface area contributed by atoms with Gasteiger partial charge in [0.25, 0.3) is 0 Å². The predicted molar refractivity (Wildman–Crippen MR) is 198 cm³/mol. The monoisotopic (exact) mass is 861 g/mol. The Hall–Kier alpha value is -3.25. The summed E-state index contributed by atoms with van der Waals surface area (Å²) in [6.07, 6.45) is 7.13. The van der Waals surface area contributed by atoms with E-state index < -0.39 is 11.6 Å². The number of hydrogen-bond donors (Lipinski definition) is 1. The van der Waals surface area contributed by atoms with Crippen LogP contribution in [0, 0.1) is 34.4 Å². The molecule has 7 heteroatoms. The summed E-state index contributed by atoms with van der Waals surface area (Å²) in [6.45, 7) is 16.2. The standard InChI is InChI=1S/C27H20F2NS.C15H28O2.Ir/c1-16(2)11-17-12-22(28)25(23(29)13-17)24-15-21-9-10-30-26(27(21)31-24)20-8-7-18-5-3-4-6-19(18)14-20;1-7-14(5,8-2)12(16)11-13(17)15(6,9-3)10-4;/h3-10,12-13,15-16H,11H2,1-2H3;11,16H,7-10H2,1-6H3;/q-1;;/b;12-11-;. The van der Waals surface area contributed by atoms with Crippen molar-refractivity contribution in [3.8, 4) is 21.7 Å². The number of carbonyl (C=O) groups excluding carboxylic acids is 1. The van der Waals surface area contributed by atoms with E-state index in [9.17, 15) is 18.7 Å². The minimum Gasteiger partial charge on any atom is -0.512 e. The number of pyridine rings is 1. The number of fused-ring (bicyclic) bond motifs is 2. The van der Waals surface area contributed by atoms with Crippen molar-refractivity contribution in [3.63, 3.8) is 0 Å². The minimum absolute atomic E-state index is 0. The summed E-state index contributed by atoms with van der Waals surface area (Å²) in [5.74, 6) is -0.419. The van der Waals surface area contributed by atoms with Crippen molar-refractivity contribution in [1.29, 1.82) is 0 Å². The molecule has 3 aromatic carbocycles. The van der Waals surface area contributed by atoms with Crippen LogP contribution in [-0.4, -0.2) is 15.9 Å². The van der Waals surface area contributed by atoms with E-state index in [4.69, 9.17) is 0 Å². The maximum absolute atomic E-state index is 14.9. The van der Waals surface area contributed by atoms with Crippen LogP contribution in [0.2, 0.25) is 0 Å². The Morgan fingerprint density at radius 1 is 0.898 bits per heavy atom. The number of benzene rings is 3. The van der Waals surface area contributed by atoms with Gasteiger partial charge in [-0.05, 0) is 73.2 Å². The van der Waals surface area contributed by atoms with Gasteiger partial charge in [0.2, 0.25) is 0 Å². The molecule has 5 rings (SSSR count). The Balaban J connectivity index is 0.000000312. The van der Waals surface area contributed by atoms with Crippen molar-refractivity contribution >= 4 is 38.0 Å². The molecule has 49 heavy (non-hydrogen) atoms. The second kappa shape index (κ2) is 17.1. The SMILES string of the molecule is CC(C)Cc1cc(F)c(-c2cc3ccnc(-c4[c-]c5ccccc5cc4)c3s2)c(F)c1.CCC(C)(CC)C(=O)/C=C(\O)C(C)(CC)CC.[Ir]. The summed E-state index contributed by atoms with van der Waals surface area (Å²) in [5, 5.41) is 13.2. The van der Waals surface area contributed by atoms with Crippen LogP contribution in [0.4, 0.5) is 8.78 Å².